The van der Waals surface area contributed by atoms with Crippen molar-refractivity contribution in [1.29, 1.82) is 0 Å². The van der Waals surface area contributed by atoms with Crippen LogP contribution in [0.25, 0.3) is 11.4 Å². The second-order valence-corrected chi connectivity index (χ2v) is 7.68. The third-order valence-corrected chi connectivity index (χ3v) is 5.48. The Hall–Kier alpha value is -3.26. The summed E-state index contributed by atoms with van der Waals surface area (Å²) >= 11 is 6.07. The van der Waals surface area contributed by atoms with Gasteiger partial charge in [-0.3, -0.25) is 4.79 Å². The SMILES string of the molecule is COc1ccc(-c2noc(N3CCCC(C(=O)Nc4cc(Cl)ccc4OC)C3)n2)cc1. The van der Waals surface area contributed by atoms with Crippen LogP contribution in [0.15, 0.2) is 47.0 Å². The van der Waals surface area contributed by atoms with Gasteiger partial charge in [0.05, 0.1) is 25.8 Å². The normalized spacial score (nSPS) is 16.1. The molecule has 1 aliphatic rings. The van der Waals surface area contributed by atoms with E-state index >= 15 is 0 Å². The fourth-order valence-electron chi connectivity index (χ4n) is 3.58. The smallest absolute Gasteiger partial charge is 0.324 e. The van der Waals surface area contributed by atoms with Crippen molar-refractivity contribution >= 4 is 29.2 Å². The van der Waals surface area contributed by atoms with Crippen molar-refractivity contribution in [3.8, 4) is 22.9 Å². The Morgan fingerprint density at radius 3 is 2.74 bits per heavy atom. The third kappa shape index (κ3) is 4.74. The second kappa shape index (κ2) is 9.26. The van der Waals surface area contributed by atoms with Crippen molar-refractivity contribution in [2.24, 2.45) is 5.92 Å². The van der Waals surface area contributed by atoms with Crippen LogP contribution in [-0.2, 0) is 4.79 Å². The molecular formula is C22H23ClN4O4. The van der Waals surface area contributed by atoms with Crippen molar-refractivity contribution in [3.05, 3.63) is 47.5 Å². The summed E-state index contributed by atoms with van der Waals surface area (Å²) in [6.07, 6.45) is 1.61. The van der Waals surface area contributed by atoms with E-state index in [1.807, 2.05) is 29.2 Å². The van der Waals surface area contributed by atoms with Crippen LogP contribution in [0.3, 0.4) is 0 Å². The van der Waals surface area contributed by atoms with Gasteiger partial charge in [-0.05, 0) is 55.3 Å². The Morgan fingerprint density at radius 1 is 1.19 bits per heavy atom. The lowest BCUT2D eigenvalue weighted by atomic mass is 9.97. The number of aromatic nitrogens is 2. The van der Waals surface area contributed by atoms with E-state index in [0.29, 0.717) is 34.8 Å². The predicted octanol–water partition coefficient (Wildman–Crippen LogP) is 4.26. The summed E-state index contributed by atoms with van der Waals surface area (Å²) in [6, 6.07) is 13.0. The van der Waals surface area contributed by atoms with Crippen LogP contribution in [0.5, 0.6) is 11.5 Å². The van der Waals surface area contributed by atoms with Gasteiger partial charge in [-0.1, -0.05) is 16.8 Å². The number of nitrogens with zero attached hydrogens (tertiary/aromatic N) is 3. The third-order valence-electron chi connectivity index (χ3n) is 5.25. The maximum absolute atomic E-state index is 12.9. The quantitative estimate of drug-likeness (QED) is 0.609. The second-order valence-electron chi connectivity index (χ2n) is 7.25. The lowest BCUT2D eigenvalue weighted by Gasteiger charge is -2.30. The van der Waals surface area contributed by atoms with Gasteiger partial charge < -0.3 is 24.2 Å². The fourth-order valence-corrected chi connectivity index (χ4v) is 3.75. The van der Waals surface area contributed by atoms with Crippen LogP contribution in [0.1, 0.15) is 12.8 Å². The van der Waals surface area contributed by atoms with Gasteiger partial charge in [0.15, 0.2) is 0 Å². The van der Waals surface area contributed by atoms with Crippen LogP contribution >= 0.6 is 11.6 Å². The highest BCUT2D eigenvalue weighted by Gasteiger charge is 2.29. The molecular weight excluding hydrogens is 420 g/mol. The molecule has 1 amide bonds. The number of amides is 1. The van der Waals surface area contributed by atoms with Crippen LogP contribution in [0.4, 0.5) is 11.7 Å². The molecule has 2 aromatic carbocycles. The molecule has 1 aliphatic heterocycles. The number of benzene rings is 2. The van der Waals surface area contributed by atoms with E-state index in [1.54, 1.807) is 32.4 Å². The monoisotopic (exact) mass is 442 g/mol. The molecule has 1 unspecified atom stereocenters. The van der Waals surface area contributed by atoms with Crippen molar-refractivity contribution in [2.75, 3.05) is 37.5 Å². The summed E-state index contributed by atoms with van der Waals surface area (Å²) in [5, 5.41) is 7.55. The summed E-state index contributed by atoms with van der Waals surface area (Å²) in [7, 11) is 3.17. The highest BCUT2D eigenvalue weighted by atomic mass is 35.5. The average molecular weight is 443 g/mol. The standard InChI is InChI=1S/C22H23ClN4O4/c1-29-17-8-5-14(6-9-17)20-25-22(31-26-20)27-11-3-4-15(13-27)21(28)24-18-12-16(23)7-10-19(18)30-2/h5-10,12,15H,3-4,11,13H2,1-2H3,(H,24,28). The summed E-state index contributed by atoms with van der Waals surface area (Å²) in [6.45, 7) is 1.23. The van der Waals surface area contributed by atoms with Crippen LogP contribution in [0, 0.1) is 5.92 Å². The molecule has 1 N–H and O–H groups in total. The van der Waals surface area contributed by atoms with E-state index in [9.17, 15) is 4.79 Å². The van der Waals surface area contributed by atoms with Gasteiger partial charge >= 0.3 is 6.01 Å². The summed E-state index contributed by atoms with van der Waals surface area (Å²) < 4.78 is 16.0. The fraction of sp³-hybridized carbons (Fsp3) is 0.318. The number of ether oxygens (including phenoxy) is 2. The molecule has 0 spiro atoms. The molecule has 1 fully saturated rings. The number of anilines is 2. The van der Waals surface area contributed by atoms with E-state index in [1.165, 1.54) is 0 Å². The first kappa shape index (κ1) is 21.0. The number of rotatable bonds is 6. The minimum Gasteiger partial charge on any atom is -0.497 e. The Bertz CT molecular complexity index is 1050. The molecule has 2 heterocycles. The highest BCUT2D eigenvalue weighted by Crippen LogP contribution is 2.30. The van der Waals surface area contributed by atoms with Crippen LogP contribution in [0.2, 0.25) is 5.02 Å². The highest BCUT2D eigenvalue weighted by molar-refractivity contribution is 6.31. The zero-order valence-electron chi connectivity index (χ0n) is 17.3. The molecule has 1 aromatic heterocycles. The number of hydrogen-bond donors (Lipinski definition) is 1. The number of carbonyl (C=O) groups is 1. The molecule has 0 bridgehead atoms. The first-order valence-electron chi connectivity index (χ1n) is 9.95. The first-order valence-corrected chi connectivity index (χ1v) is 10.3. The van der Waals surface area contributed by atoms with Crippen LogP contribution < -0.4 is 19.7 Å². The Kier molecular flexibility index (Phi) is 6.27. The molecule has 3 aromatic rings. The lowest BCUT2D eigenvalue weighted by molar-refractivity contribution is -0.120. The number of methoxy groups -OCH3 is 2. The molecule has 1 saturated heterocycles. The predicted molar refractivity (Wildman–Crippen MR) is 118 cm³/mol. The Morgan fingerprint density at radius 2 is 2.00 bits per heavy atom. The van der Waals surface area contributed by atoms with E-state index in [0.717, 1.165) is 30.7 Å². The van der Waals surface area contributed by atoms with Gasteiger partial charge in [0.25, 0.3) is 0 Å². The van der Waals surface area contributed by atoms with Gasteiger partial charge in [0, 0.05) is 23.7 Å². The molecule has 31 heavy (non-hydrogen) atoms. The first-order chi connectivity index (χ1) is 15.1. The van der Waals surface area contributed by atoms with E-state index in [2.05, 4.69) is 15.5 Å². The average Bonchev–Trinajstić information content (AvgIpc) is 3.30. The molecule has 9 heteroatoms. The van der Waals surface area contributed by atoms with Crippen molar-refractivity contribution in [1.82, 2.24) is 10.1 Å². The van der Waals surface area contributed by atoms with E-state index in [-0.39, 0.29) is 11.8 Å². The summed E-state index contributed by atoms with van der Waals surface area (Å²) in [5.74, 6) is 1.49. The molecule has 0 radical (unpaired) electrons. The van der Waals surface area contributed by atoms with Gasteiger partial charge in [-0.15, -0.1) is 0 Å². The number of carbonyl (C=O) groups excluding carboxylic acids is 1. The number of hydrogen-bond acceptors (Lipinski definition) is 7. The maximum Gasteiger partial charge on any atom is 0.324 e. The van der Waals surface area contributed by atoms with Crippen molar-refractivity contribution < 1.29 is 18.8 Å². The molecule has 8 nitrogen and oxygen atoms in total. The Labute approximate surface area is 185 Å². The summed E-state index contributed by atoms with van der Waals surface area (Å²) in [4.78, 5) is 19.4. The van der Waals surface area contributed by atoms with Crippen LogP contribution in [-0.4, -0.2) is 43.4 Å². The molecule has 162 valence electrons. The minimum atomic E-state index is -0.228. The van der Waals surface area contributed by atoms with Gasteiger partial charge in [-0.25, -0.2) is 0 Å². The van der Waals surface area contributed by atoms with Gasteiger partial charge in [0.2, 0.25) is 11.7 Å². The maximum atomic E-state index is 12.9. The molecule has 1 atom stereocenters. The van der Waals surface area contributed by atoms with Gasteiger partial charge in [0.1, 0.15) is 11.5 Å². The minimum absolute atomic E-state index is 0.0971. The number of halogens is 1. The number of piperidine rings is 1. The molecule has 4 rings (SSSR count). The van der Waals surface area contributed by atoms with Gasteiger partial charge in [-0.2, -0.15) is 4.98 Å². The molecule has 0 saturated carbocycles. The zero-order valence-corrected chi connectivity index (χ0v) is 18.1. The van der Waals surface area contributed by atoms with E-state index < -0.39 is 0 Å². The van der Waals surface area contributed by atoms with E-state index in [4.69, 9.17) is 25.6 Å². The zero-order chi connectivity index (χ0) is 21.8. The molecule has 0 aliphatic carbocycles. The topological polar surface area (TPSA) is 89.7 Å². The lowest BCUT2D eigenvalue weighted by Crippen LogP contribution is -2.41. The number of nitrogens with one attached hydrogen (secondary N) is 1. The van der Waals surface area contributed by atoms with Crippen molar-refractivity contribution in [2.45, 2.75) is 12.8 Å². The summed E-state index contributed by atoms with van der Waals surface area (Å²) in [5.41, 5.74) is 1.38. The largest absolute Gasteiger partial charge is 0.497 e. The van der Waals surface area contributed by atoms with Crippen molar-refractivity contribution in [3.63, 3.8) is 0 Å². The Balaban J connectivity index is 1.44.